The van der Waals surface area contributed by atoms with E-state index in [2.05, 4.69) is 21.8 Å². The molecule has 3 aliphatic rings. The number of halogens is 1. The van der Waals surface area contributed by atoms with Crippen molar-refractivity contribution in [1.82, 2.24) is 14.8 Å². The number of aromatic nitrogens is 1. The summed E-state index contributed by atoms with van der Waals surface area (Å²) in [6.45, 7) is 4.40. The number of carbonyl (C=O) groups is 1. The molecule has 1 aromatic carbocycles. The van der Waals surface area contributed by atoms with E-state index in [9.17, 15) is 9.18 Å². The molecule has 2 N–H and O–H groups in total. The van der Waals surface area contributed by atoms with Crippen LogP contribution in [0.4, 0.5) is 10.1 Å². The molecule has 1 aliphatic carbocycles. The third-order valence-corrected chi connectivity index (χ3v) is 6.65. The molecule has 0 bridgehead atoms. The maximum absolute atomic E-state index is 13.2. The lowest BCUT2D eigenvalue weighted by Gasteiger charge is -2.42. The van der Waals surface area contributed by atoms with Crippen molar-refractivity contribution in [2.24, 2.45) is 17.8 Å². The van der Waals surface area contributed by atoms with Crippen LogP contribution in [0.25, 0.3) is 11.3 Å². The molecule has 5 rings (SSSR count). The fourth-order valence-corrected chi connectivity index (χ4v) is 4.95. The summed E-state index contributed by atoms with van der Waals surface area (Å²) in [6, 6.07) is 10.5. The molecule has 1 saturated carbocycles. The second kappa shape index (κ2) is 6.64. The van der Waals surface area contributed by atoms with Gasteiger partial charge in [-0.05, 0) is 55.3 Å². The lowest BCUT2D eigenvalue weighted by molar-refractivity contribution is -0.120. The standard InChI is InChI=1S/C22H25FN4O/c1-26-9-15(10-26)27-11-16-17(12-27)22(16)21(28)8-20-18(24)6-7-19(25-20)13-2-4-14(23)5-3-13/h2-7,15-17,22H,8-12,24H2,1H3/t16-,17+,22?. The van der Waals surface area contributed by atoms with Gasteiger partial charge in [0, 0.05) is 43.7 Å². The molecule has 146 valence electrons. The number of Topliss-reactive ketones (excluding diaryl/α,β-unsaturated/α-hetero) is 1. The van der Waals surface area contributed by atoms with Crippen LogP contribution < -0.4 is 5.73 Å². The molecule has 28 heavy (non-hydrogen) atoms. The second-order valence-electron chi connectivity index (χ2n) is 8.56. The van der Waals surface area contributed by atoms with Crippen LogP contribution in [0.15, 0.2) is 36.4 Å². The smallest absolute Gasteiger partial charge is 0.142 e. The van der Waals surface area contributed by atoms with E-state index in [4.69, 9.17) is 5.73 Å². The summed E-state index contributed by atoms with van der Waals surface area (Å²) in [6.07, 6.45) is 0.282. The number of benzene rings is 1. The maximum atomic E-state index is 13.2. The lowest BCUT2D eigenvalue weighted by atomic mass is 10.0. The Kier molecular flexibility index (Phi) is 4.21. The van der Waals surface area contributed by atoms with E-state index < -0.39 is 0 Å². The van der Waals surface area contributed by atoms with E-state index in [0.29, 0.717) is 35.0 Å². The first-order chi connectivity index (χ1) is 13.5. The number of ketones is 1. The lowest BCUT2D eigenvalue weighted by Crippen LogP contribution is -2.57. The summed E-state index contributed by atoms with van der Waals surface area (Å²) in [5, 5.41) is 0. The Morgan fingerprint density at radius 3 is 2.43 bits per heavy atom. The van der Waals surface area contributed by atoms with Crippen molar-refractivity contribution in [3.05, 3.63) is 47.9 Å². The van der Waals surface area contributed by atoms with Gasteiger partial charge in [0.05, 0.1) is 23.5 Å². The van der Waals surface area contributed by atoms with Gasteiger partial charge in [-0.2, -0.15) is 0 Å². The number of nitrogen functional groups attached to an aromatic ring is 1. The zero-order valence-corrected chi connectivity index (χ0v) is 16.0. The molecule has 0 spiro atoms. The normalized spacial score (nSPS) is 27.4. The highest BCUT2D eigenvalue weighted by atomic mass is 19.1. The number of anilines is 1. The first-order valence-corrected chi connectivity index (χ1v) is 9.96. The fraction of sp³-hybridized carbons (Fsp3) is 0.455. The molecular formula is C22H25FN4O. The molecule has 0 amide bonds. The Labute approximate surface area is 164 Å². The zero-order chi connectivity index (χ0) is 19.4. The Balaban J connectivity index is 1.24. The largest absolute Gasteiger partial charge is 0.397 e. The van der Waals surface area contributed by atoms with Gasteiger partial charge in [-0.1, -0.05) is 0 Å². The van der Waals surface area contributed by atoms with Crippen molar-refractivity contribution in [2.75, 3.05) is 39.0 Å². The van der Waals surface area contributed by atoms with Crippen LogP contribution in [0.3, 0.4) is 0 Å². The third kappa shape index (κ3) is 3.10. The Hall–Kier alpha value is -2.31. The number of pyridine rings is 1. The molecule has 1 aromatic heterocycles. The topological polar surface area (TPSA) is 62.5 Å². The van der Waals surface area contributed by atoms with Crippen molar-refractivity contribution < 1.29 is 9.18 Å². The maximum Gasteiger partial charge on any atom is 0.142 e. The van der Waals surface area contributed by atoms with Gasteiger partial charge in [-0.3, -0.25) is 14.7 Å². The van der Waals surface area contributed by atoms with E-state index in [1.54, 1.807) is 18.2 Å². The van der Waals surface area contributed by atoms with Crippen molar-refractivity contribution in [2.45, 2.75) is 12.5 Å². The third-order valence-electron chi connectivity index (χ3n) is 6.65. The van der Waals surface area contributed by atoms with Crippen LogP contribution in [-0.4, -0.2) is 59.8 Å². The van der Waals surface area contributed by atoms with Crippen LogP contribution >= 0.6 is 0 Å². The van der Waals surface area contributed by atoms with Gasteiger partial charge in [0.2, 0.25) is 0 Å². The van der Waals surface area contributed by atoms with Crippen LogP contribution in [-0.2, 0) is 11.2 Å². The van der Waals surface area contributed by atoms with E-state index in [0.717, 1.165) is 31.7 Å². The number of hydrogen-bond donors (Lipinski definition) is 1. The molecular weight excluding hydrogens is 355 g/mol. The summed E-state index contributed by atoms with van der Waals surface area (Å²) in [5.74, 6) is 1.18. The summed E-state index contributed by atoms with van der Waals surface area (Å²) in [4.78, 5) is 22.4. The van der Waals surface area contributed by atoms with E-state index in [1.807, 2.05) is 6.07 Å². The van der Waals surface area contributed by atoms with E-state index >= 15 is 0 Å². The first-order valence-electron chi connectivity index (χ1n) is 9.96. The minimum atomic E-state index is -0.280. The van der Waals surface area contributed by atoms with Crippen LogP contribution in [0, 0.1) is 23.6 Å². The summed E-state index contributed by atoms with van der Waals surface area (Å²) in [5.41, 5.74) is 8.80. The number of hydrogen-bond acceptors (Lipinski definition) is 5. The van der Waals surface area contributed by atoms with Gasteiger partial charge < -0.3 is 10.6 Å². The average molecular weight is 380 g/mol. The number of fused-ring (bicyclic) bond motifs is 1. The number of nitrogens with two attached hydrogens (primary N) is 1. The SMILES string of the molecule is CN1CC(N2C[C@@H]3C(C(=O)Cc4nc(-c5ccc(F)cc5)ccc4N)[C@@H]3C2)C1. The summed E-state index contributed by atoms with van der Waals surface area (Å²) < 4.78 is 13.2. The van der Waals surface area contributed by atoms with Crippen LogP contribution in [0.1, 0.15) is 5.69 Å². The van der Waals surface area contributed by atoms with Gasteiger partial charge in [0.1, 0.15) is 11.6 Å². The van der Waals surface area contributed by atoms with Gasteiger partial charge in [-0.25, -0.2) is 4.39 Å². The molecule has 0 radical (unpaired) electrons. The van der Waals surface area contributed by atoms with Crippen molar-refractivity contribution in [1.29, 1.82) is 0 Å². The molecule has 1 unspecified atom stereocenters. The summed E-state index contributed by atoms with van der Waals surface area (Å²) in [7, 11) is 2.15. The van der Waals surface area contributed by atoms with Gasteiger partial charge in [-0.15, -0.1) is 0 Å². The number of likely N-dealkylation sites (tertiary alicyclic amines) is 2. The number of carbonyl (C=O) groups excluding carboxylic acids is 1. The minimum absolute atomic E-state index is 0.171. The zero-order valence-electron chi connectivity index (χ0n) is 16.0. The first kappa shape index (κ1) is 17.8. The van der Waals surface area contributed by atoms with Gasteiger partial charge in [0.15, 0.2) is 0 Å². The monoisotopic (exact) mass is 380 g/mol. The van der Waals surface area contributed by atoms with E-state index in [1.165, 1.54) is 12.1 Å². The predicted molar refractivity (Wildman–Crippen MR) is 106 cm³/mol. The molecule has 3 heterocycles. The number of likely N-dealkylation sites (N-methyl/N-ethyl adjacent to an activating group) is 1. The molecule has 2 saturated heterocycles. The molecule has 6 heteroatoms. The fourth-order valence-electron chi connectivity index (χ4n) is 4.95. The Morgan fingerprint density at radius 1 is 1.11 bits per heavy atom. The molecule has 2 aliphatic heterocycles. The number of rotatable bonds is 5. The van der Waals surface area contributed by atoms with E-state index in [-0.39, 0.29) is 23.9 Å². The van der Waals surface area contributed by atoms with Gasteiger partial charge in [0.25, 0.3) is 0 Å². The van der Waals surface area contributed by atoms with Gasteiger partial charge >= 0.3 is 0 Å². The molecule has 2 aromatic rings. The number of piperidine rings is 1. The van der Waals surface area contributed by atoms with Crippen LogP contribution in [0.5, 0.6) is 0 Å². The Morgan fingerprint density at radius 2 is 1.79 bits per heavy atom. The molecule has 3 atom stereocenters. The predicted octanol–water partition coefficient (Wildman–Crippen LogP) is 2.07. The molecule has 3 fully saturated rings. The van der Waals surface area contributed by atoms with Crippen molar-refractivity contribution in [3.63, 3.8) is 0 Å². The second-order valence-corrected chi connectivity index (χ2v) is 8.56. The summed E-state index contributed by atoms with van der Waals surface area (Å²) >= 11 is 0. The Bertz CT molecular complexity index is 897. The van der Waals surface area contributed by atoms with Crippen LogP contribution in [0.2, 0.25) is 0 Å². The van der Waals surface area contributed by atoms with Crippen molar-refractivity contribution >= 4 is 11.5 Å². The average Bonchev–Trinajstić information content (AvgIpc) is 3.16. The quantitative estimate of drug-likeness (QED) is 0.861. The van der Waals surface area contributed by atoms with Crippen molar-refractivity contribution in [3.8, 4) is 11.3 Å². The highest BCUT2D eigenvalue weighted by Crippen LogP contribution is 2.53. The molecule has 5 nitrogen and oxygen atoms in total. The minimum Gasteiger partial charge on any atom is -0.397 e. The number of nitrogens with zero attached hydrogens (tertiary/aromatic N) is 3. The highest BCUT2D eigenvalue weighted by molar-refractivity contribution is 5.87. The highest BCUT2D eigenvalue weighted by Gasteiger charge is 2.59.